The van der Waals surface area contributed by atoms with Crippen LogP contribution in [0.5, 0.6) is 5.75 Å². The number of hydrogen-bond donors (Lipinski definition) is 2. The predicted molar refractivity (Wildman–Crippen MR) is 129 cm³/mol. The molecule has 6 nitrogen and oxygen atoms in total. The minimum Gasteiger partial charge on any atom is -0.491 e. The van der Waals surface area contributed by atoms with Crippen LogP contribution in [-0.4, -0.2) is 63.4 Å². The topological polar surface area (TPSA) is 58.1 Å². The Labute approximate surface area is 188 Å². The van der Waals surface area contributed by atoms with Crippen LogP contribution in [0.3, 0.4) is 0 Å². The van der Waals surface area contributed by atoms with E-state index < -0.39 is 0 Å². The molecule has 1 rings (SSSR count). The number of halogens is 1. The van der Waals surface area contributed by atoms with Crippen molar-refractivity contribution < 1.29 is 9.47 Å². The number of rotatable bonds is 11. The highest BCUT2D eigenvalue weighted by Crippen LogP contribution is 2.21. The first kappa shape index (κ1) is 26.9. The van der Waals surface area contributed by atoms with Gasteiger partial charge in [0.2, 0.25) is 0 Å². The lowest BCUT2D eigenvalue weighted by Gasteiger charge is -2.33. The van der Waals surface area contributed by atoms with Crippen molar-refractivity contribution in [2.24, 2.45) is 4.99 Å². The molecule has 0 saturated carbocycles. The molecular formula is C21H39IN4O2. The normalized spacial score (nSPS) is 11.9. The Morgan fingerprint density at radius 3 is 2.46 bits per heavy atom. The zero-order valence-electron chi connectivity index (χ0n) is 18.6. The van der Waals surface area contributed by atoms with Gasteiger partial charge in [0.1, 0.15) is 12.4 Å². The third-order valence-corrected chi connectivity index (χ3v) is 4.56. The third-order valence-electron chi connectivity index (χ3n) is 4.56. The number of benzene rings is 1. The molecular weight excluding hydrogens is 467 g/mol. The highest BCUT2D eigenvalue weighted by Gasteiger charge is 2.20. The molecule has 2 N–H and O–H groups in total. The highest BCUT2D eigenvalue weighted by molar-refractivity contribution is 14.0. The number of nitrogens with zero attached hydrogens (tertiary/aromatic N) is 2. The van der Waals surface area contributed by atoms with Crippen molar-refractivity contribution in [2.75, 3.05) is 47.0 Å². The molecule has 0 spiro atoms. The van der Waals surface area contributed by atoms with Crippen molar-refractivity contribution in [3.8, 4) is 5.75 Å². The maximum atomic E-state index is 5.92. The Bertz CT molecular complexity index is 592. The van der Waals surface area contributed by atoms with Crippen LogP contribution in [0.25, 0.3) is 0 Å². The zero-order valence-corrected chi connectivity index (χ0v) is 20.9. The SMILES string of the molecule is CCNC(=NCc1ccc(C)cc1OCCOCC)NCC(C)(C)N(C)C.I. The lowest BCUT2D eigenvalue weighted by Crippen LogP contribution is -2.50. The van der Waals surface area contributed by atoms with E-state index in [4.69, 9.17) is 14.5 Å². The molecule has 0 heterocycles. The minimum atomic E-state index is 0. The number of aliphatic imine (C=N–C) groups is 1. The lowest BCUT2D eigenvalue weighted by atomic mass is 10.0. The van der Waals surface area contributed by atoms with Crippen LogP contribution in [0.2, 0.25) is 0 Å². The summed E-state index contributed by atoms with van der Waals surface area (Å²) in [5.74, 6) is 1.69. The van der Waals surface area contributed by atoms with Gasteiger partial charge in [-0.3, -0.25) is 0 Å². The highest BCUT2D eigenvalue weighted by atomic mass is 127. The molecule has 162 valence electrons. The summed E-state index contributed by atoms with van der Waals surface area (Å²) in [4.78, 5) is 6.95. The van der Waals surface area contributed by atoms with Gasteiger partial charge in [-0.25, -0.2) is 4.99 Å². The number of hydrogen-bond acceptors (Lipinski definition) is 4. The van der Waals surface area contributed by atoms with Gasteiger partial charge in [-0.2, -0.15) is 0 Å². The summed E-state index contributed by atoms with van der Waals surface area (Å²) in [6.45, 7) is 14.6. The molecule has 1 aromatic rings. The summed E-state index contributed by atoms with van der Waals surface area (Å²) in [6.07, 6.45) is 0. The molecule has 0 bridgehead atoms. The molecule has 28 heavy (non-hydrogen) atoms. The van der Waals surface area contributed by atoms with Gasteiger partial charge in [0, 0.05) is 30.8 Å². The Morgan fingerprint density at radius 1 is 1.14 bits per heavy atom. The summed E-state index contributed by atoms with van der Waals surface area (Å²) in [5.41, 5.74) is 2.28. The van der Waals surface area contributed by atoms with E-state index in [9.17, 15) is 0 Å². The predicted octanol–water partition coefficient (Wildman–Crippen LogP) is 3.42. The zero-order chi connectivity index (χ0) is 20.3. The maximum absolute atomic E-state index is 5.92. The molecule has 1 aromatic carbocycles. The van der Waals surface area contributed by atoms with Crippen LogP contribution >= 0.6 is 24.0 Å². The van der Waals surface area contributed by atoms with Crippen LogP contribution in [-0.2, 0) is 11.3 Å². The van der Waals surface area contributed by atoms with Crippen molar-refractivity contribution in [3.63, 3.8) is 0 Å². The Kier molecular flexibility index (Phi) is 13.5. The van der Waals surface area contributed by atoms with E-state index in [0.29, 0.717) is 26.4 Å². The summed E-state index contributed by atoms with van der Waals surface area (Å²) in [5, 5.41) is 6.75. The molecule has 0 aromatic heterocycles. The monoisotopic (exact) mass is 506 g/mol. The van der Waals surface area contributed by atoms with Gasteiger partial charge in [0.25, 0.3) is 0 Å². The molecule has 0 aliphatic rings. The lowest BCUT2D eigenvalue weighted by molar-refractivity contribution is 0.110. The van der Waals surface area contributed by atoms with Gasteiger partial charge in [0.15, 0.2) is 5.96 Å². The molecule has 0 fully saturated rings. The van der Waals surface area contributed by atoms with Crippen LogP contribution in [0, 0.1) is 6.92 Å². The fourth-order valence-corrected chi connectivity index (χ4v) is 2.25. The van der Waals surface area contributed by atoms with E-state index in [1.54, 1.807) is 0 Å². The summed E-state index contributed by atoms with van der Waals surface area (Å²) in [7, 11) is 4.17. The smallest absolute Gasteiger partial charge is 0.191 e. The van der Waals surface area contributed by atoms with Crippen molar-refractivity contribution in [3.05, 3.63) is 29.3 Å². The van der Waals surface area contributed by atoms with Crippen LogP contribution in [0.15, 0.2) is 23.2 Å². The standard InChI is InChI=1S/C21H38N4O2.HI/c1-8-22-20(24-16-21(4,5)25(6)7)23-15-18-11-10-17(3)14-19(18)27-13-12-26-9-2;/h10-11,14H,8-9,12-13,15-16H2,1-7H3,(H2,22,23,24);1H. The largest absolute Gasteiger partial charge is 0.491 e. The number of guanidine groups is 1. The maximum Gasteiger partial charge on any atom is 0.191 e. The van der Waals surface area contributed by atoms with Crippen LogP contribution in [0.4, 0.5) is 0 Å². The average Bonchev–Trinajstić information content (AvgIpc) is 2.62. The van der Waals surface area contributed by atoms with Crippen molar-refractivity contribution >= 4 is 29.9 Å². The fraction of sp³-hybridized carbons (Fsp3) is 0.667. The summed E-state index contributed by atoms with van der Waals surface area (Å²) < 4.78 is 11.3. The van der Waals surface area contributed by atoms with Crippen molar-refractivity contribution in [1.29, 1.82) is 0 Å². The van der Waals surface area contributed by atoms with Gasteiger partial charge in [-0.1, -0.05) is 12.1 Å². The average molecular weight is 506 g/mol. The van der Waals surface area contributed by atoms with Gasteiger partial charge in [-0.05, 0) is 60.3 Å². The number of ether oxygens (including phenoxy) is 2. The Balaban J connectivity index is 0.00000729. The summed E-state index contributed by atoms with van der Waals surface area (Å²) >= 11 is 0. The van der Waals surface area contributed by atoms with Gasteiger partial charge in [-0.15, -0.1) is 24.0 Å². The summed E-state index contributed by atoms with van der Waals surface area (Å²) in [6, 6.07) is 6.24. The van der Waals surface area contributed by atoms with Crippen molar-refractivity contribution in [1.82, 2.24) is 15.5 Å². The van der Waals surface area contributed by atoms with Gasteiger partial charge in [0.05, 0.1) is 13.2 Å². The minimum absolute atomic E-state index is 0. The molecule has 0 saturated heterocycles. The second kappa shape index (κ2) is 14.0. The molecule has 0 atom stereocenters. The van der Waals surface area contributed by atoms with E-state index in [1.807, 2.05) is 6.92 Å². The number of aryl methyl sites for hydroxylation is 1. The first-order chi connectivity index (χ1) is 12.8. The van der Waals surface area contributed by atoms with E-state index in [-0.39, 0.29) is 29.5 Å². The first-order valence-corrected chi connectivity index (χ1v) is 9.79. The molecule has 0 radical (unpaired) electrons. The Morgan fingerprint density at radius 2 is 1.86 bits per heavy atom. The molecule has 7 heteroatoms. The van der Waals surface area contributed by atoms with Crippen LogP contribution in [0.1, 0.15) is 38.8 Å². The van der Waals surface area contributed by atoms with E-state index >= 15 is 0 Å². The number of nitrogens with one attached hydrogen (secondary N) is 2. The number of likely N-dealkylation sites (N-methyl/N-ethyl adjacent to an activating group) is 1. The molecule has 0 amide bonds. The second-order valence-corrected chi connectivity index (χ2v) is 7.41. The van der Waals surface area contributed by atoms with Crippen molar-refractivity contribution in [2.45, 2.75) is 46.7 Å². The second-order valence-electron chi connectivity index (χ2n) is 7.41. The fourth-order valence-electron chi connectivity index (χ4n) is 2.25. The van der Waals surface area contributed by atoms with Crippen LogP contribution < -0.4 is 15.4 Å². The van der Waals surface area contributed by atoms with E-state index in [2.05, 4.69) is 75.5 Å². The van der Waals surface area contributed by atoms with E-state index in [0.717, 1.165) is 30.4 Å². The van der Waals surface area contributed by atoms with E-state index in [1.165, 1.54) is 5.56 Å². The third kappa shape index (κ3) is 9.93. The van der Waals surface area contributed by atoms with Gasteiger partial charge < -0.3 is 25.0 Å². The molecule has 0 aliphatic carbocycles. The quantitative estimate of drug-likeness (QED) is 0.209. The Hall–Kier alpha value is -1.06. The first-order valence-electron chi connectivity index (χ1n) is 9.79. The molecule has 0 aliphatic heterocycles. The molecule has 0 unspecified atom stereocenters. The van der Waals surface area contributed by atoms with Gasteiger partial charge >= 0.3 is 0 Å².